The van der Waals surface area contributed by atoms with Gasteiger partial charge in [0.2, 0.25) is 0 Å². The minimum atomic E-state index is -0.490. The molecule has 0 aliphatic carbocycles. The number of anilines is 1. The molecule has 0 aliphatic rings. The summed E-state index contributed by atoms with van der Waals surface area (Å²) in [6.07, 6.45) is 3.25. The topological polar surface area (TPSA) is 56.8 Å². The van der Waals surface area contributed by atoms with Gasteiger partial charge in [-0.1, -0.05) is 13.8 Å². The zero-order valence-electron chi connectivity index (χ0n) is 15.6. The lowest BCUT2D eigenvalue weighted by molar-refractivity contribution is -0.126. The van der Waals surface area contributed by atoms with E-state index in [1.165, 1.54) is 6.07 Å². The lowest BCUT2D eigenvalue weighted by Gasteiger charge is -2.10. The van der Waals surface area contributed by atoms with Crippen LogP contribution in [0.2, 0.25) is 0 Å². The van der Waals surface area contributed by atoms with Gasteiger partial charge >= 0.3 is 0 Å². The first-order valence-electron chi connectivity index (χ1n) is 8.60. The van der Waals surface area contributed by atoms with Crippen LogP contribution in [0, 0.1) is 11.7 Å². The van der Waals surface area contributed by atoms with Crippen molar-refractivity contribution in [1.82, 2.24) is 0 Å². The van der Waals surface area contributed by atoms with Crippen LogP contribution in [0.1, 0.15) is 26.7 Å². The molecule has 1 atom stereocenters. The van der Waals surface area contributed by atoms with E-state index in [1.807, 2.05) is 13.8 Å². The Kier molecular flexibility index (Phi) is 11.6. The van der Waals surface area contributed by atoms with Crippen molar-refractivity contribution in [3.63, 3.8) is 0 Å². The van der Waals surface area contributed by atoms with E-state index in [0.717, 1.165) is 6.42 Å². The van der Waals surface area contributed by atoms with E-state index in [9.17, 15) is 9.18 Å². The van der Waals surface area contributed by atoms with Gasteiger partial charge in [0, 0.05) is 44.5 Å². The molecule has 0 aliphatic heterocycles. The lowest BCUT2D eigenvalue weighted by atomic mass is 10.1. The van der Waals surface area contributed by atoms with Crippen LogP contribution in [0.25, 0.3) is 0 Å². The minimum Gasteiger partial charge on any atom is -0.493 e. The van der Waals surface area contributed by atoms with E-state index >= 15 is 0 Å². The van der Waals surface area contributed by atoms with Gasteiger partial charge in [0.05, 0.1) is 12.3 Å². The number of hydrogen-bond donors (Lipinski definition) is 1. The summed E-state index contributed by atoms with van der Waals surface area (Å²) >= 11 is 5.00. The van der Waals surface area contributed by atoms with Crippen LogP contribution in [-0.4, -0.2) is 45.1 Å². The molecular formula is C18H28FNO4S2. The molecule has 1 rings (SSSR count). The highest BCUT2D eigenvalue weighted by Crippen LogP contribution is 2.21. The number of benzene rings is 1. The zero-order chi connectivity index (χ0) is 19.4. The van der Waals surface area contributed by atoms with Crippen molar-refractivity contribution in [1.29, 1.82) is 0 Å². The molecule has 0 heterocycles. The van der Waals surface area contributed by atoms with Crippen LogP contribution < -0.4 is 9.46 Å². The third-order valence-corrected chi connectivity index (χ3v) is 4.12. The van der Waals surface area contributed by atoms with Crippen LogP contribution >= 0.6 is 0 Å². The first kappa shape index (κ1) is 23.0. The number of carbonyl (C=O) groups is 1. The summed E-state index contributed by atoms with van der Waals surface area (Å²) in [6.45, 7) is 5.98. The Morgan fingerprint density at radius 3 is 2.46 bits per heavy atom. The number of halogens is 1. The Balaban J connectivity index is 2.05. The summed E-state index contributed by atoms with van der Waals surface area (Å²) in [5.41, 5.74) is 0.388. The highest BCUT2D eigenvalue weighted by Gasteiger charge is 2.06. The number of carbonyl (C=O) groups excluding carboxylic acids is 1. The van der Waals surface area contributed by atoms with Crippen LogP contribution in [-0.2, 0) is 35.1 Å². The molecule has 0 spiro atoms. The summed E-state index contributed by atoms with van der Waals surface area (Å²) in [5.74, 6) is 0.232. The molecule has 0 saturated carbocycles. The van der Waals surface area contributed by atoms with E-state index in [4.69, 9.17) is 25.4 Å². The second kappa shape index (κ2) is 13.1. The first-order chi connectivity index (χ1) is 12.4. The molecule has 5 nitrogen and oxygen atoms in total. The number of rotatable bonds is 14. The van der Waals surface area contributed by atoms with Crippen molar-refractivity contribution in [2.75, 3.05) is 44.0 Å². The number of Topliss-reactive ketones (excluding diaryl/α,β-unsaturated/α-hetero) is 1. The molecule has 1 unspecified atom stereocenters. The standard InChI is InChI=1S/C18H28FNO4S2/c1-14(2)18(21)13-23-10-4-8-22-9-5-11-24-15-6-7-17(16(19)12-15)20-26(3)25/h6-7,12,14,20H,4-5,8-11,13H2,1-3H3. The average Bonchev–Trinajstić information content (AvgIpc) is 2.58. The van der Waals surface area contributed by atoms with Gasteiger partial charge in [0.15, 0.2) is 11.6 Å². The second-order valence-electron chi connectivity index (χ2n) is 6.04. The van der Waals surface area contributed by atoms with Crippen molar-refractivity contribution < 1.29 is 23.4 Å². The quantitative estimate of drug-likeness (QED) is 0.480. The van der Waals surface area contributed by atoms with Crippen molar-refractivity contribution in [2.24, 2.45) is 5.92 Å². The molecule has 0 amide bonds. The van der Waals surface area contributed by atoms with E-state index in [2.05, 4.69) is 4.72 Å². The molecule has 0 aromatic heterocycles. The number of nitrogens with one attached hydrogen (secondary N) is 1. The van der Waals surface area contributed by atoms with E-state index in [-0.39, 0.29) is 24.1 Å². The fourth-order valence-electron chi connectivity index (χ4n) is 1.88. The van der Waals surface area contributed by atoms with Gasteiger partial charge in [0.1, 0.15) is 12.4 Å². The zero-order valence-corrected chi connectivity index (χ0v) is 17.2. The molecular weight excluding hydrogens is 377 g/mol. The third-order valence-electron chi connectivity index (χ3n) is 3.36. The average molecular weight is 406 g/mol. The SMILES string of the molecule is CC(C)C(=O)COCCCOCCCOc1ccc(NS(C)=S)c(F)c1. The number of hydrogen-bond acceptors (Lipinski definition) is 5. The fraction of sp³-hybridized carbons (Fsp3) is 0.611. The number of ether oxygens (including phenoxy) is 3. The second-order valence-corrected chi connectivity index (χ2v) is 8.65. The Bertz CT molecular complexity index is 584. The fourth-order valence-corrected chi connectivity index (χ4v) is 2.62. The third kappa shape index (κ3) is 10.2. The molecule has 1 aromatic rings. The van der Waals surface area contributed by atoms with Crippen molar-refractivity contribution >= 4 is 32.3 Å². The highest BCUT2D eigenvalue weighted by atomic mass is 32.8. The Morgan fingerprint density at radius 1 is 1.19 bits per heavy atom. The minimum absolute atomic E-state index is 0.0118. The summed E-state index contributed by atoms with van der Waals surface area (Å²) in [5, 5.41) is 0. The largest absolute Gasteiger partial charge is 0.493 e. The summed E-state index contributed by atoms with van der Waals surface area (Å²) in [6, 6.07) is 4.69. The lowest BCUT2D eigenvalue weighted by Crippen LogP contribution is -2.15. The van der Waals surface area contributed by atoms with Gasteiger partial charge in [-0.15, -0.1) is 0 Å². The van der Waals surface area contributed by atoms with Gasteiger partial charge in [-0.2, -0.15) is 0 Å². The van der Waals surface area contributed by atoms with Crippen molar-refractivity contribution in [3.05, 3.63) is 24.0 Å². The van der Waals surface area contributed by atoms with Crippen LogP contribution in [0.5, 0.6) is 5.75 Å². The maximum Gasteiger partial charge on any atom is 0.160 e. The predicted molar refractivity (Wildman–Crippen MR) is 107 cm³/mol. The van der Waals surface area contributed by atoms with E-state index in [1.54, 1.807) is 18.4 Å². The Hall–Kier alpha value is -1.09. The van der Waals surface area contributed by atoms with E-state index < -0.39 is 9.64 Å². The normalized spacial score (nSPS) is 12.2. The molecule has 0 fully saturated rings. The maximum atomic E-state index is 13.8. The van der Waals surface area contributed by atoms with Crippen molar-refractivity contribution in [2.45, 2.75) is 26.7 Å². The monoisotopic (exact) mass is 405 g/mol. The summed E-state index contributed by atoms with van der Waals surface area (Å²) < 4.78 is 33.0. The molecule has 0 radical (unpaired) electrons. The molecule has 26 heavy (non-hydrogen) atoms. The summed E-state index contributed by atoms with van der Waals surface area (Å²) in [7, 11) is -0.490. The van der Waals surface area contributed by atoms with Crippen LogP contribution in [0.15, 0.2) is 18.2 Å². The van der Waals surface area contributed by atoms with Crippen molar-refractivity contribution in [3.8, 4) is 5.75 Å². The molecule has 1 aromatic carbocycles. The van der Waals surface area contributed by atoms with Crippen LogP contribution in [0.3, 0.4) is 0 Å². The molecule has 1 N–H and O–H groups in total. The van der Waals surface area contributed by atoms with Gasteiger partial charge in [-0.05, 0) is 39.4 Å². The van der Waals surface area contributed by atoms with Crippen LogP contribution in [0.4, 0.5) is 10.1 Å². The first-order valence-corrected chi connectivity index (χ1v) is 11.2. The molecule has 0 bridgehead atoms. The summed E-state index contributed by atoms with van der Waals surface area (Å²) in [4.78, 5) is 11.4. The molecule has 148 valence electrons. The van der Waals surface area contributed by atoms with E-state index in [0.29, 0.717) is 44.3 Å². The van der Waals surface area contributed by atoms with Gasteiger partial charge in [-0.25, -0.2) is 4.39 Å². The van der Waals surface area contributed by atoms with Gasteiger partial charge in [-0.3, -0.25) is 4.79 Å². The van der Waals surface area contributed by atoms with Gasteiger partial charge < -0.3 is 18.9 Å². The smallest absolute Gasteiger partial charge is 0.160 e. The van der Waals surface area contributed by atoms with Gasteiger partial charge in [0.25, 0.3) is 0 Å². The maximum absolute atomic E-state index is 13.8. The number of ketones is 1. The Morgan fingerprint density at radius 2 is 1.85 bits per heavy atom. The predicted octanol–water partition coefficient (Wildman–Crippen LogP) is 3.28. The Labute approximate surface area is 162 Å². The molecule has 8 heteroatoms. The molecule has 0 saturated heterocycles. The highest BCUT2D eigenvalue weighted by molar-refractivity contribution is 8.29.